The molecule has 8 heteroatoms. The van der Waals surface area contributed by atoms with Gasteiger partial charge in [0.25, 0.3) is 5.56 Å². The van der Waals surface area contributed by atoms with Crippen LogP contribution in [0.3, 0.4) is 0 Å². The van der Waals surface area contributed by atoms with Crippen LogP contribution in [-0.4, -0.2) is 31.3 Å². The molecule has 1 saturated carbocycles. The van der Waals surface area contributed by atoms with E-state index < -0.39 is 5.69 Å². The lowest BCUT2D eigenvalue weighted by atomic mass is 9.89. The van der Waals surface area contributed by atoms with Crippen LogP contribution >= 0.6 is 0 Å². The standard InChI is InChI=1S/C17H24N4O4/c1-19-11-18-14-13(19)15(22)21(17(24)20(14)2)9-6-10-25-16(23)12-7-4-3-5-8-12/h11-12H,3-10H2,1-2H3. The van der Waals surface area contributed by atoms with Crippen LogP contribution in [-0.2, 0) is 30.2 Å². The fraction of sp³-hybridized carbons (Fsp3) is 0.647. The highest BCUT2D eigenvalue weighted by Gasteiger charge is 2.22. The third kappa shape index (κ3) is 3.38. The summed E-state index contributed by atoms with van der Waals surface area (Å²) in [4.78, 5) is 41.0. The van der Waals surface area contributed by atoms with Crippen LogP contribution in [0.25, 0.3) is 11.2 Å². The fourth-order valence-corrected chi connectivity index (χ4v) is 3.44. The van der Waals surface area contributed by atoms with E-state index in [1.165, 1.54) is 21.9 Å². The van der Waals surface area contributed by atoms with Gasteiger partial charge in [0.1, 0.15) is 0 Å². The van der Waals surface area contributed by atoms with Gasteiger partial charge in [0, 0.05) is 20.6 Å². The topological polar surface area (TPSA) is 88.1 Å². The minimum absolute atomic E-state index is 0.00938. The zero-order valence-electron chi connectivity index (χ0n) is 14.7. The largest absolute Gasteiger partial charge is 0.465 e. The van der Waals surface area contributed by atoms with Gasteiger partial charge in [-0.3, -0.25) is 18.7 Å². The number of rotatable bonds is 5. The van der Waals surface area contributed by atoms with E-state index in [-0.39, 0.29) is 30.6 Å². The first-order valence-corrected chi connectivity index (χ1v) is 8.78. The van der Waals surface area contributed by atoms with Crippen molar-refractivity contribution in [3.63, 3.8) is 0 Å². The number of hydrogen-bond acceptors (Lipinski definition) is 5. The van der Waals surface area contributed by atoms with Crippen molar-refractivity contribution < 1.29 is 9.53 Å². The van der Waals surface area contributed by atoms with Crippen LogP contribution < -0.4 is 11.2 Å². The molecular weight excluding hydrogens is 324 g/mol. The summed E-state index contributed by atoms with van der Waals surface area (Å²) >= 11 is 0. The Morgan fingerprint density at radius 1 is 1.24 bits per heavy atom. The molecule has 2 aromatic rings. The number of nitrogens with zero attached hydrogens (tertiary/aromatic N) is 4. The van der Waals surface area contributed by atoms with Crippen LogP contribution in [0, 0.1) is 5.92 Å². The van der Waals surface area contributed by atoms with Crippen molar-refractivity contribution in [3.05, 3.63) is 27.2 Å². The molecule has 0 spiro atoms. The molecule has 2 aromatic heterocycles. The highest BCUT2D eigenvalue weighted by Crippen LogP contribution is 2.24. The second-order valence-corrected chi connectivity index (χ2v) is 6.68. The Balaban J connectivity index is 1.65. The van der Waals surface area contributed by atoms with Gasteiger partial charge in [0.2, 0.25) is 0 Å². The molecule has 2 heterocycles. The first-order chi connectivity index (χ1) is 12.0. The average molecular weight is 348 g/mol. The zero-order chi connectivity index (χ0) is 18.0. The number of carbonyl (C=O) groups is 1. The zero-order valence-corrected chi connectivity index (χ0v) is 14.7. The number of aryl methyl sites for hydroxylation is 2. The minimum atomic E-state index is -0.408. The van der Waals surface area contributed by atoms with Crippen molar-refractivity contribution >= 4 is 17.1 Å². The van der Waals surface area contributed by atoms with Crippen molar-refractivity contribution in [3.8, 4) is 0 Å². The van der Waals surface area contributed by atoms with E-state index in [9.17, 15) is 14.4 Å². The molecule has 0 unspecified atom stereocenters. The van der Waals surface area contributed by atoms with Gasteiger partial charge in [-0.25, -0.2) is 9.78 Å². The summed E-state index contributed by atoms with van der Waals surface area (Å²) in [5.74, 6) is -0.142. The Labute approximate surface area is 145 Å². The van der Waals surface area contributed by atoms with E-state index in [1.54, 1.807) is 18.7 Å². The Morgan fingerprint density at radius 2 is 1.96 bits per heavy atom. The summed E-state index contributed by atoms with van der Waals surface area (Å²) in [5, 5.41) is 0. The van der Waals surface area contributed by atoms with Crippen molar-refractivity contribution in [2.24, 2.45) is 20.0 Å². The second-order valence-electron chi connectivity index (χ2n) is 6.68. The molecule has 0 aromatic carbocycles. The lowest BCUT2D eigenvalue weighted by Gasteiger charge is -2.19. The summed E-state index contributed by atoms with van der Waals surface area (Å²) in [6.45, 7) is 0.429. The number of esters is 1. The van der Waals surface area contributed by atoms with E-state index in [4.69, 9.17) is 4.74 Å². The van der Waals surface area contributed by atoms with Gasteiger partial charge in [0.15, 0.2) is 11.2 Å². The molecular formula is C17H24N4O4. The third-order valence-electron chi connectivity index (χ3n) is 4.91. The summed E-state index contributed by atoms with van der Waals surface area (Å²) in [7, 11) is 3.31. The number of carbonyl (C=O) groups excluding carboxylic acids is 1. The molecule has 25 heavy (non-hydrogen) atoms. The summed E-state index contributed by atoms with van der Waals surface area (Å²) in [6.07, 6.45) is 7.09. The number of imidazole rings is 1. The summed E-state index contributed by atoms with van der Waals surface area (Å²) in [6, 6.07) is 0. The second kappa shape index (κ2) is 7.25. The normalized spacial score (nSPS) is 15.6. The van der Waals surface area contributed by atoms with E-state index in [2.05, 4.69) is 4.98 Å². The maximum Gasteiger partial charge on any atom is 0.332 e. The predicted octanol–water partition coefficient (Wildman–Crippen LogP) is 0.947. The van der Waals surface area contributed by atoms with Crippen molar-refractivity contribution in [1.29, 1.82) is 0 Å². The third-order valence-corrected chi connectivity index (χ3v) is 4.91. The Morgan fingerprint density at radius 3 is 2.68 bits per heavy atom. The predicted molar refractivity (Wildman–Crippen MR) is 92.4 cm³/mol. The first-order valence-electron chi connectivity index (χ1n) is 8.78. The molecule has 1 aliphatic rings. The van der Waals surface area contributed by atoms with E-state index in [0.717, 1.165) is 25.7 Å². The molecule has 1 fully saturated rings. The van der Waals surface area contributed by atoms with Gasteiger partial charge in [0.05, 0.1) is 18.9 Å². The monoisotopic (exact) mass is 348 g/mol. The van der Waals surface area contributed by atoms with Crippen LogP contribution in [0.5, 0.6) is 0 Å². The van der Waals surface area contributed by atoms with Gasteiger partial charge in [-0.1, -0.05) is 19.3 Å². The van der Waals surface area contributed by atoms with E-state index in [1.807, 2.05) is 0 Å². The van der Waals surface area contributed by atoms with Gasteiger partial charge in [-0.05, 0) is 19.3 Å². The fourth-order valence-electron chi connectivity index (χ4n) is 3.44. The van der Waals surface area contributed by atoms with Crippen LogP contribution in [0.15, 0.2) is 15.9 Å². The van der Waals surface area contributed by atoms with Crippen LogP contribution in [0.2, 0.25) is 0 Å². The molecule has 0 atom stereocenters. The molecule has 0 saturated heterocycles. The maximum atomic E-state index is 12.5. The van der Waals surface area contributed by atoms with Gasteiger partial charge >= 0.3 is 11.7 Å². The quantitative estimate of drug-likeness (QED) is 0.593. The first kappa shape index (κ1) is 17.4. The Kier molecular flexibility index (Phi) is 5.06. The number of fused-ring (bicyclic) bond motifs is 1. The Hall–Kier alpha value is -2.38. The molecule has 0 bridgehead atoms. The van der Waals surface area contributed by atoms with Crippen LogP contribution in [0.1, 0.15) is 38.5 Å². The summed E-state index contributed by atoms with van der Waals surface area (Å²) < 4.78 is 9.48. The molecule has 1 aliphatic carbocycles. The SMILES string of the molecule is Cn1cnc2c1c(=O)n(CCCOC(=O)C1CCCCC1)c(=O)n2C. The molecule has 3 rings (SSSR count). The van der Waals surface area contributed by atoms with Crippen molar-refractivity contribution in [1.82, 2.24) is 18.7 Å². The smallest absolute Gasteiger partial charge is 0.332 e. The average Bonchev–Trinajstić information content (AvgIpc) is 3.01. The highest BCUT2D eigenvalue weighted by molar-refractivity contribution is 5.72. The van der Waals surface area contributed by atoms with Gasteiger partial charge in [-0.2, -0.15) is 0 Å². The number of aromatic nitrogens is 4. The lowest BCUT2D eigenvalue weighted by Crippen LogP contribution is -2.39. The van der Waals surface area contributed by atoms with Gasteiger partial charge < -0.3 is 9.30 Å². The molecule has 0 amide bonds. The number of hydrogen-bond donors (Lipinski definition) is 0. The molecule has 136 valence electrons. The van der Waals surface area contributed by atoms with E-state index in [0.29, 0.717) is 17.6 Å². The van der Waals surface area contributed by atoms with Crippen LogP contribution in [0.4, 0.5) is 0 Å². The molecule has 0 N–H and O–H groups in total. The Bertz CT molecular complexity index is 886. The van der Waals surface area contributed by atoms with Crippen molar-refractivity contribution in [2.75, 3.05) is 6.61 Å². The molecule has 0 radical (unpaired) electrons. The molecule has 8 nitrogen and oxygen atoms in total. The number of ether oxygens (including phenoxy) is 1. The highest BCUT2D eigenvalue weighted by atomic mass is 16.5. The maximum absolute atomic E-state index is 12.5. The molecule has 0 aliphatic heterocycles. The van der Waals surface area contributed by atoms with E-state index >= 15 is 0 Å². The minimum Gasteiger partial charge on any atom is -0.465 e. The van der Waals surface area contributed by atoms with Gasteiger partial charge in [-0.15, -0.1) is 0 Å². The van der Waals surface area contributed by atoms with Crippen molar-refractivity contribution in [2.45, 2.75) is 45.1 Å². The summed E-state index contributed by atoms with van der Waals surface area (Å²) in [5.41, 5.74) is -0.00899. The lowest BCUT2D eigenvalue weighted by molar-refractivity contribution is -0.149.